The number of hydrogen-bond donors (Lipinski definition) is 1. The Morgan fingerprint density at radius 3 is 2.45 bits per heavy atom. The minimum atomic E-state index is -0.435. The molecular formula is C22H17N3O3S. The predicted octanol–water partition coefficient (Wildman–Crippen LogP) is 6.56. The van der Waals surface area contributed by atoms with Crippen LogP contribution in [0.3, 0.4) is 0 Å². The van der Waals surface area contributed by atoms with Crippen LogP contribution in [0.2, 0.25) is 0 Å². The fraction of sp³-hybridized carbons (Fsp3) is 0.0455. The first-order valence-corrected chi connectivity index (χ1v) is 9.72. The maximum Gasteiger partial charge on any atom is 0.269 e. The summed E-state index contributed by atoms with van der Waals surface area (Å²) in [6.07, 6.45) is 0. The van der Waals surface area contributed by atoms with E-state index in [1.54, 1.807) is 12.1 Å². The van der Waals surface area contributed by atoms with E-state index in [0.29, 0.717) is 21.6 Å². The van der Waals surface area contributed by atoms with Crippen molar-refractivity contribution in [1.82, 2.24) is 4.98 Å². The standard InChI is InChI=1S/C22H17N3O3S/c1-15-6-5-9-17(14-15)23-22-24-20(16-7-3-2-4-8-16)21(29-22)28-19-12-10-18(11-13-19)25(26)27/h2-14H,1H3,(H,23,24). The molecule has 0 bridgehead atoms. The highest BCUT2D eigenvalue weighted by Crippen LogP contribution is 2.41. The topological polar surface area (TPSA) is 77.3 Å². The van der Waals surface area contributed by atoms with Gasteiger partial charge in [-0.1, -0.05) is 53.8 Å². The molecule has 6 nitrogen and oxygen atoms in total. The van der Waals surface area contributed by atoms with Gasteiger partial charge in [-0.15, -0.1) is 0 Å². The molecule has 0 amide bonds. The summed E-state index contributed by atoms with van der Waals surface area (Å²) in [7, 11) is 0. The van der Waals surface area contributed by atoms with Crippen LogP contribution in [-0.4, -0.2) is 9.91 Å². The molecule has 4 rings (SSSR count). The molecule has 0 aliphatic heterocycles. The minimum Gasteiger partial charge on any atom is -0.444 e. The Balaban J connectivity index is 1.67. The maximum absolute atomic E-state index is 10.9. The van der Waals surface area contributed by atoms with E-state index in [-0.39, 0.29) is 5.69 Å². The second-order valence-electron chi connectivity index (χ2n) is 6.37. The van der Waals surface area contributed by atoms with Gasteiger partial charge in [0.05, 0.1) is 4.92 Å². The highest BCUT2D eigenvalue weighted by molar-refractivity contribution is 7.18. The molecule has 144 valence electrons. The van der Waals surface area contributed by atoms with Crippen molar-refractivity contribution in [1.29, 1.82) is 0 Å². The van der Waals surface area contributed by atoms with E-state index in [0.717, 1.165) is 16.8 Å². The third kappa shape index (κ3) is 4.41. The molecule has 0 aliphatic rings. The van der Waals surface area contributed by atoms with Crippen LogP contribution in [0, 0.1) is 17.0 Å². The van der Waals surface area contributed by atoms with Crippen LogP contribution in [0.5, 0.6) is 10.8 Å². The Morgan fingerprint density at radius 2 is 1.76 bits per heavy atom. The average molecular weight is 403 g/mol. The van der Waals surface area contributed by atoms with E-state index < -0.39 is 4.92 Å². The van der Waals surface area contributed by atoms with Gasteiger partial charge in [0.2, 0.25) is 5.06 Å². The van der Waals surface area contributed by atoms with Gasteiger partial charge in [0, 0.05) is 23.4 Å². The Labute approximate surface area is 171 Å². The van der Waals surface area contributed by atoms with E-state index in [4.69, 9.17) is 9.72 Å². The first-order valence-electron chi connectivity index (χ1n) is 8.91. The van der Waals surface area contributed by atoms with Crippen molar-refractivity contribution in [3.05, 3.63) is 94.5 Å². The fourth-order valence-electron chi connectivity index (χ4n) is 2.80. The molecule has 0 aliphatic carbocycles. The number of nitro groups is 1. The van der Waals surface area contributed by atoms with Crippen molar-refractivity contribution in [3.63, 3.8) is 0 Å². The smallest absolute Gasteiger partial charge is 0.269 e. The first-order chi connectivity index (χ1) is 14.1. The molecule has 1 heterocycles. The van der Waals surface area contributed by atoms with Crippen LogP contribution in [0.25, 0.3) is 11.3 Å². The molecule has 7 heteroatoms. The first kappa shape index (κ1) is 18.6. The second-order valence-corrected chi connectivity index (χ2v) is 7.33. The van der Waals surface area contributed by atoms with Gasteiger partial charge in [0.15, 0.2) is 5.13 Å². The van der Waals surface area contributed by atoms with Crippen LogP contribution in [0.1, 0.15) is 5.56 Å². The van der Waals surface area contributed by atoms with Crippen molar-refractivity contribution in [2.24, 2.45) is 0 Å². The minimum absolute atomic E-state index is 0.0201. The summed E-state index contributed by atoms with van der Waals surface area (Å²) >= 11 is 1.38. The quantitative estimate of drug-likeness (QED) is 0.291. The molecule has 4 aromatic rings. The molecule has 0 saturated heterocycles. The zero-order chi connectivity index (χ0) is 20.2. The summed E-state index contributed by atoms with van der Waals surface area (Å²) in [5, 5.41) is 15.5. The lowest BCUT2D eigenvalue weighted by molar-refractivity contribution is -0.384. The number of benzene rings is 3. The fourth-order valence-corrected chi connectivity index (χ4v) is 3.68. The molecule has 1 aromatic heterocycles. The van der Waals surface area contributed by atoms with Crippen LogP contribution < -0.4 is 10.1 Å². The van der Waals surface area contributed by atoms with Crippen molar-refractivity contribution in [3.8, 4) is 22.1 Å². The largest absolute Gasteiger partial charge is 0.444 e. The number of ether oxygens (including phenoxy) is 1. The lowest BCUT2D eigenvalue weighted by Gasteiger charge is -2.05. The predicted molar refractivity (Wildman–Crippen MR) is 115 cm³/mol. The van der Waals surface area contributed by atoms with E-state index in [1.807, 2.05) is 61.5 Å². The zero-order valence-corrected chi connectivity index (χ0v) is 16.3. The Kier molecular flexibility index (Phi) is 5.22. The molecule has 3 aromatic carbocycles. The van der Waals surface area contributed by atoms with Gasteiger partial charge in [-0.25, -0.2) is 4.98 Å². The molecule has 0 spiro atoms. The molecule has 0 unspecified atom stereocenters. The van der Waals surface area contributed by atoms with E-state index >= 15 is 0 Å². The second kappa shape index (κ2) is 8.12. The number of aromatic nitrogens is 1. The number of nitrogens with zero attached hydrogens (tertiary/aromatic N) is 2. The summed E-state index contributed by atoms with van der Waals surface area (Å²) in [4.78, 5) is 15.1. The number of hydrogen-bond acceptors (Lipinski definition) is 6. The molecule has 0 saturated carbocycles. The number of non-ortho nitro benzene ring substituents is 1. The Hall–Kier alpha value is -3.71. The summed E-state index contributed by atoms with van der Waals surface area (Å²) in [5.74, 6) is 0.513. The highest BCUT2D eigenvalue weighted by Gasteiger charge is 2.16. The van der Waals surface area contributed by atoms with Crippen LogP contribution in [0.4, 0.5) is 16.5 Å². The van der Waals surface area contributed by atoms with Crippen LogP contribution in [0.15, 0.2) is 78.9 Å². The lowest BCUT2D eigenvalue weighted by Crippen LogP contribution is -1.90. The molecule has 1 N–H and O–H groups in total. The van der Waals surface area contributed by atoms with E-state index in [2.05, 4.69) is 5.32 Å². The molecule has 0 atom stereocenters. The van der Waals surface area contributed by atoms with Crippen molar-refractivity contribution >= 4 is 27.8 Å². The monoisotopic (exact) mass is 403 g/mol. The Bertz CT molecular complexity index is 1140. The average Bonchev–Trinajstić information content (AvgIpc) is 3.11. The molecule has 0 fully saturated rings. The number of anilines is 2. The van der Waals surface area contributed by atoms with Crippen LogP contribution >= 0.6 is 11.3 Å². The van der Waals surface area contributed by atoms with Gasteiger partial charge in [-0.2, -0.15) is 0 Å². The summed E-state index contributed by atoms with van der Waals surface area (Å²) in [5.41, 5.74) is 3.76. The van der Waals surface area contributed by atoms with Gasteiger partial charge in [0.25, 0.3) is 5.69 Å². The summed E-state index contributed by atoms with van der Waals surface area (Å²) in [6.45, 7) is 2.03. The molecular weight excluding hydrogens is 386 g/mol. The van der Waals surface area contributed by atoms with E-state index in [1.165, 1.54) is 23.5 Å². The number of nitro benzene ring substituents is 1. The third-order valence-electron chi connectivity index (χ3n) is 4.17. The lowest BCUT2D eigenvalue weighted by atomic mass is 10.2. The summed E-state index contributed by atoms with van der Waals surface area (Å²) < 4.78 is 6.03. The highest BCUT2D eigenvalue weighted by atomic mass is 32.1. The zero-order valence-electron chi connectivity index (χ0n) is 15.5. The van der Waals surface area contributed by atoms with Gasteiger partial charge < -0.3 is 10.1 Å². The number of nitrogens with one attached hydrogen (secondary N) is 1. The van der Waals surface area contributed by atoms with Gasteiger partial charge in [0.1, 0.15) is 11.4 Å². The van der Waals surface area contributed by atoms with Gasteiger partial charge in [-0.3, -0.25) is 10.1 Å². The SMILES string of the molecule is Cc1cccc(Nc2nc(-c3ccccc3)c(Oc3ccc([N+](=O)[O-])cc3)s2)c1. The van der Waals surface area contributed by atoms with Crippen molar-refractivity contribution in [2.45, 2.75) is 6.92 Å². The van der Waals surface area contributed by atoms with Crippen molar-refractivity contribution < 1.29 is 9.66 Å². The normalized spacial score (nSPS) is 10.5. The van der Waals surface area contributed by atoms with Crippen molar-refractivity contribution in [2.75, 3.05) is 5.32 Å². The third-order valence-corrected chi connectivity index (χ3v) is 5.02. The molecule has 29 heavy (non-hydrogen) atoms. The van der Waals surface area contributed by atoms with Crippen LogP contribution in [-0.2, 0) is 0 Å². The van der Waals surface area contributed by atoms with Gasteiger partial charge >= 0.3 is 0 Å². The number of rotatable bonds is 6. The molecule has 0 radical (unpaired) electrons. The summed E-state index contributed by atoms with van der Waals surface area (Å²) in [6, 6.07) is 23.8. The Morgan fingerprint density at radius 1 is 1.00 bits per heavy atom. The van der Waals surface area contributed by atoms with E-state index in [9.17, 15) is 10.1 Å². The van der Waals surface area contributed by atoms with Gasteiger partial charge in [-0.05, 0) is 36.8 Å². The number of thiazole rings is 1. The maximum atomic E-state index is 10.9. The number of aryl methyl sites for hydroxylation is 1.